The first kappa shape index (κ1) is 49.0. The lowest BCUT2D eigenvalue weighted by atomic mass is 9.77. The molecule has 0 saturated carbocycles. The zero-order valence-electron chi connectivity index (χ0n) is 43.3. The van der Waals surface area contributed by atoms with Crippen LogP contribution in [-0.4, -0.2) is 9.52 Å². The molecule has 0 heterocycles. The minimum absolute atomic E-state index is 0.0859. The van der Waals surface area contributed by atoms with E-state index in [1.807, 2.05) is 0 Å². The highest BCUT2D eigenvalue weighted by atomic mass is 28.2. The van der Waals surface area contributed by atoms with Crippen molar-refractivity contribution >= 4 is 21.7 Å². The van der Waals surface area contributed by atoms with Gasteiger partial charge in [-0.2, -0.15) is 0 Å². The molecule has 0 fully saturated rings. The van der Waals surface area contributed by atoms with E-state index in [0.717, 1.165) is 25.7 Å². The summed E-state index contributed by atoms with van der Waals surface area (Å²) in [6, 6.07) is 28.2. The van der Waals surface area contributed by atoms with E-state index in [0.29, 0.717) is 11.8 Å². The van der Waals surface area contributed by atoms with Crippen molar-refractivity contribution in [2.75, 3.05) is 0 Å². The van der Waals surface area contributed by atoms with Gasteiger partial charge in [0.05, 0.1) is 0 Å². The predicted molar refractivity (Wildman–Crippen MR) is 285 cm³/mol. The second-order valence-electron chi connectivity index (χ2n) is 24.0. The van der Waals surface area contributed by atoms with Gasteiger partial charge in [-0.05, 0) is 138 Å². The second-order valence-corrected chi connectivity index (χ2v) is 25.8. The van der Waals surface area contributed by atoms with Crippen LogP contribution < -0.4 is 0 Å². The van der Waals surface area contributed by atoms with Gasteiger partial charge in [-0.25, -0.2) is 0 Å². The van der Waals surface area contributed by atoms with Crippen LogP contribution in [0.25, 0.3) is 34.4 Å². The van der Waals surface area contributed by atoms with Crippen molar-refractivity contribution in [2.24, 2.45) is 0 Å². The summed E-state index contributed by atoms with van der Waals surface area (Å²) in [5.74, 6) is 1.12. The molecule has 1 heteroatoms. The van der Waals surface area contributed by atoms with Crippen LogP contribution in [0.15, 0.2) is 71.8 Å². The molecular weight excluding hydrogens is 773 g/mol. The standard InChI is InChI=1S/C62H88Si/c1-17-21-25-43-35-53-51(29-27-41(23-19-3)57(53)45-31-47(59(5,6)7)37-48(32-45)60(8,9)10)55(43)39-63-40-56-44(26-22-18-2)36-54-52(56)30-28-42(24-20-4)58(54)46-33-49(61(11,12)13)38-50(34-46)62(14,15)16/h27-38,55-56H,17-26,39-40,63H2,1-16H3. The van der Waals surface area contributed by atoms with E-state index < -0.39 is 9.52 Å². The van der Waals surface area contributed by atoms with Crippen molar-refractivity contribution in [3.8, 4) is 22.3 Å². The first-order valence-corrected chi connectivity index (χ1v) is 27.7. The van der Waals surface area contributed by atoms with Crippen LogP contribution >= 0.6 is 0 Å². The average Bonchev–Trinajstić information content (AvgIpc) is 3.74. The first-order chi connectivity index (χ1) is 29.6. The molecule has 0 radical (unpaired) electrons. The predicted octanol–water partition coefficient (Wildman–Crippen LogP) is 18.2. The molecule has 4 aromatic rings. The van der Waals surface area contributed by atoms with Gasteiger partial charge in [0.2, 0.25) is 0 Å². The van der Waals surface area contributed by atoms with E-state index in [1.54, 1.807) is 33.4 Å². The molecule has 0 aliphatic heterocycles. The number of hydrogen-bond acceptors (Lipinski definition) is 0. The zero-order valence-corrected chi connectivity index (χ0v) is 44.7. The molecule has 6 rings (SSSR count). The van der Waals surface area contributed by atoms with Gasteiger partial charge in [0.15, 0.2) is 0 Å². The number of fused-ring (bicyclic) bond motifs is 2. The summed E-state index contributed by atoms with van der Waals surface area (Å²) < 4.78 is 0. The van der Waals surface area contributed by atoms with Crippen LogP contribution in [-0.2, 0) is 34.5 Å². The number of benzene rings is 4. The summed E-state index contributed by atoms with van der Waals surface area (Å²) in [5, 5.41) is 0. The summed E-state index contributed by atoms with van der Waals surface area (Å²) in [4.78, 5) is 0. The number of aryl methyl sites for hydroxylation is 2. The molecule has 2 unspecified atom stereocenters. The van der Waals surface area contributed by atoms with Gasteiger partial charge in [-0.1, -0.05) is 233 Å². The van der Waals surface area contributed by atoms with E-state index >= 15 is 0 Å². The smallest absolute Gasteiger partial charge is 0.0218 e. The fraction of sp³-hybridized carbons (Fsp3) is 0.548. The monoisotopic (exact) mass is 861 g/mol. The molecule has 0 nitrogen and oxygen atoms in total. The van der Waals surface area contributed by atoms with Gasteiger partial charge in [-0.3, -0.25) is 0 Å². The maximum atomic E-state index is 2.70. The van der Waals surface area contributed by atoms with Crippen molar-refractivity contribution in [3.63, 3.8) is 0 Å². The van der Waals surface area contributed by atoms with Crippen LogP contribution in [0.5, 0.6) is 0 Å². The summed E-state index contributed by atoms with van der Waals surface area (Å²) in [5.41, 5.74) is 24.9. The van der Waals surface area contributed by atoms with Gasteiger partial charge in [-0.15, -0.1) is 0 Å². The Morgan fingerprint density at radius 3 is 1.03 bits per heavy atom. The summed E-state index contributed by atoms with van der Waals surface area (Å²) >= 11 is 0. The van der Waals surface area contributed by atoms with Crippen LogP contribution in [0, 0.1) is 0 Å². The van der Waals surface area contributed by atoms with Crippen LogP contribution in [0.4, 0.5) is 0 Å². The molecule has 0 bridgehead atoms. The average molecular weight is 861 g/mol. The van der Waals surface area contributed by atoms with Gasteiger partial charge >= 0.3 is 0 Å². The molecule has 340 valence electrons. The van der Waals surface area contributed by atoms with Gasteiger partial charge in [0, 0.05) is 21.4 Å². The second kappa shape index (κ2) is 19.6. The van der Waals surface area contributed by atoms with Crippen molar-refractivity contribution in [1.82, 2.24) is 0 Å². The highest BCUT2D eigenvalue weighted by Crippen LogP contribution is 2.50. The van der Waals surface area contributed by atoms with Crippen LogP contribution in [0.3, 0.4) is 0 Å². The molecule has 2 aliphatic carbocycles. The number of unbranched alkanes of at least 4 members (excludes halogenated alkanes) is 2. The minimum Gasteiger partial charge on any atom is -0.0654 e. The molecule has 0 spiro atoms. The van der Waals surface area contributed by atoms with E-state index in [1.165, 1.54) is 106 Å². The third-order valence-electron chi connectivity index (χ3n) is 14.6. The third kappa shape index (κ3) is 11.0. The van der Waals surface area contributed by atoms with Crippen molar-refractivity contribution in [1.29, 1.82) is 0 Å². The van der Waals surface area contributed by atoms with Gasteiger partial charge < -0.3 is 0 Å². The molecule has 63 heavy (non-hydrogen) atoms. The van der Waals surface area contributed by atoms with Gasteiger partial charge in [0.1, 0.15) is 0 Å². The molecule has 2 atom stereocenters. The topological polar surface area (TPSA) is 0 Å². The fourth-order valence-electron chi connectivity index (χ4n) is 10.6. The summed E-state index contributed by atoms with van der Waals surface area (Å²) in [7, 11) is -0.408. The quantitative estimate of drug-likeness (QED) is 0.0985. The lowest BCUT2D eigenvalue weighted by Crippen LogP contribution is -2.16. The SMILES string of the molecule is CCCCC1=Cc2c(ccc(CCC)c2-c2cc(C(C)(C)C)cc(C(C)(C)C)c2)C1C[SiH2]CC1C(CCCC)=Cc2c1ccc(CCC)c2-c1cc(C(C)(C)C)cc(C(C)(C)C)c1. The minimum atomic E-state index is -0.408. The molecule has 0 amide bonds. The Hall–Kier alpha value is -3.42. The summed E-state index contributed by atoms with van der Waals surface area (Å²) in [6.45, 7) is 38.0. The molecule has 0 aromatic heterocycles. The van der Waals surface area contributed by atoms with Crippen molar-refractivity contribution in [3.05, 3.63) is 127 Å². The molecule has 2 aliphatic rings. The van der Waals surface area contributed by atoms with E-state index in [4.69, 9.17) is 0 Å². The number of allylic oxidation sites excluding steroid dienone is 2. The third-order valence-corrected chi connectivity index (χ3v) is 16.6. The Balaban J connectivity index is 1.41. The van der Waals surface area contributed by atoms with E-state index in [9.17, 15) is 0 Å². The Morgan fingerprint density at radius 2 is 0.746 bits per heavy atom. The van der Waals surface area contributed by atoms with Crippen LogP contribution in [0.1, 0.15) is 230 Å². The van der Waals surface area contributed by atoms with Crippen LogP contribution in [0.2, 0.25) is 12.1 Å². The van der Waals surface area contributed by atoms with Crippen molar-refractivity contribution in [2.45, 2.75) is 221 Å². The molecule has 0 N–H and O–H groups in total. The van der Waals surface area contributed by atoms with E-state index in [-0.39, 0.29) is 21.7 Å². The lowest BCUT2D eigenvalue weighted by molar-refractivity contribution is 0.568. The Bertz CT molecular complexity index is 2070. The van der Waals surface area contributed by atoms with Crippen molar-refractivity contribution < 1.29 is 0 Å². The largest absolute Gasteiger partial charge is 0.0654 e. The highest BCUT2D eigenvalue weighted by Gasteiger charge is 2.33. The Labute approximate surface area is 390 Å². The van der Waals surface area contributed by atoms with Gasteiger partial charge in [0.25, 0.3) is 0 Å². The first-order valence-electron chi connectivity index (χ1n) is 25.7. The Morgan fingerprint density at radius 1 is 0.413 bits per heavy atom. The molecular formula is C62H88Si. The fourth-order valence-corrected chi connectivity index (χ4v) is 13.0. The maximum Gasteiger partial charge on any atom is 0.0218 e. The summed E-state index contributed by atoms with van der Waals surface area (Å²) in [6.07, 6.45) is 17.5. The maximum absolute atomic E-state index is 2.70. The zero-order chi connectivity index (χ0) is 46.1. The molecule has 0 saturated heterocycles. The lowest BCUT2D eigenvalue weighted by Gasteiger charge is -2.27. The Kier molecular flexibility index (Phi) is 15.2. The van der Waals surface area contributed by atoms with E-state index in [2.05, 4.69) is 184 Å². The normalized spacial score (nSPS) is 16.8. The highest BCUT2D eigenvalue weighted by molar-refractivity contribution is 6.36. The number of hydrogen-bond donors (Lipinski definition) is 0. The number of rotatable bonds is 16. The molecule has 4 aromatic carbocycles.